The van der Waals surface area contributed by atoms with Gasteiger partial charge in [-0.25, -0.2) is 0 Å². The van der Waals surface area contributed by atoms with Gasteiger partial charge in [-0.05, 0) is 42.9 Å². The summed E-state index contributed by atoms with van der Waals surface area (Å²) in [6.07, 6.45) is 2.71. The summed E-state index contributed by atoms with van der Waals surface area (Å²) in [7, 11) is 0. The van der Waals surface area contributed by atoms with Crippen LogP contribution in [0.15, 0.2) is 60.7 Å². The second kappa shape index (κ2) is 7.76. The number of carbonyl (C=O) groups excluding carboxylic acids is 2. The standard InChI is InChI=1S/C23H26N2O3/c26-21(14-24-22(27)17-8-3-1-4-9-17)25-15-18-10-7-13-23(28,20(18)16-25)19-11-5-2-6-12-19/h1-6,8-9,11-12,18,20,28H,7,10,13-16H2,(H,24,27)/t18-,20+,23+/m1/s1. The van der Waals surface area contributed by atoms with E-state index in [0.717, 1.165) is 24.8 Å². The maximum absolute atomic E-state index is 12.7. The fraction of sp³-hybridized carbons (Fsp3) is 0.391. The predicted octanol–water partition coefficient (Wildman–Crippen LogP) is 2.56. The van der Waals surface area contributed by atoms with Gasteiger partial charge in [-0.15, -0.1) is 0 Å². The second-order valence-corrected chi connectivity index (χ2v) is 7.90. The fourth-order valence-electron chi connectivity index (χ4n) is 4.77. The van der Waals surface area contributed by atoms with Gasteiger partial charge in [-0.1, -0.05) is 48.5 Å². The van der Waals surface area contributed by atoms with Gasteiger partial charge in [0.2, 0.25) is 5.91 Å². The summed E-state index contributed by atoms with van der Waals surface area (Å²) in [5, 5.41) is 14.2. The highest BCUT2D eigenvalue weighted by Gasteiger charge is 2.50. The largest absolute Gasteiger partial charge is 0.385 e. The van der Waals surface area contributed by atoms with Crippen LogP contribution in [0.5, 0.6) is 0 Å². The number of aliphatic hydroxyl groups is 1. The highest BCUT2D eigenvalue weighted by Crippen LogP contribution is 2.48. The molecular weight excluding hydrogens is 352 g/mol. The van der Waals surface area contributed by atoms with E-state index >= 15 is 0 Å². The van der Waals surface area contributed by atoms with E-state index in [-0.39, 0.29) is 24.3 Å². The zero-order valence-corrected chi connectivity index (χ0v) is 15.9. The van der Waals surface area contributed by atoms with E-state index in [1.807, 2.05) is 36.4 Å². The third-order valence-electron chi connectivity index (χ3n) is 6.25. The molecule has 1 saturated heterocycles. The molecular formula is C23H26N2O3. The first-order chi connectivity index (χ1) is 13.6. The van der Waals surface area contributed by atoms with Crippen LogP contribution in [0.4, 0.5) is 0 Å². The van der Waals surface area contributed by atoms with Crippen molar-refractivity contribution in [1.29, 1.82) is 0 Å². The van der Waals surface area contributed by atoms with Crippen LogP contribution >= 0.6 is 0 Å². The molecule has 0 aromatic heterocycles. The van der Waals surface area contributed by atoms with Gasteiger partial charge in [-0.3, -0.25) is 9.59 Å². The van der Waals surface area contributed by atoms with Crippen LogP contribution in [0.1, 0.15) is 35.2 Å². The van der Waals surface area contributed by atoms with Crippen LogP contribution in [0.3, 0.4) is 0 Å². The van der Waals surface area contributed by atoms with Crippen LogP contribution in [0.2, 0.25) is 0 Å². The lowest BCUT2D eigenvalue weighted by atomic mass is 9.67. The molecule has 0 bridgehead atoms. The highest BCUT2D eigenvalue weighted by atomic mass is 16.3. The van der Waals surface area contributed by atoms with Gasteiger partial charge in [0, 0.05) is 24.6 Å². The number of rotatable bonds is 4. The number of hydrogen-bond donors (Lipinski definition) is 2. The molecule has 1 aliphatic carbocycles. The molecule has 2 fully saturated rings. The summed E-state index contributed by atoms with van der Waals surface area (Å²) in [5.74, 6) is 0.00519. The molecule has 1 heterocycles. The first kappa shape index (κ1) is 18.7. The number of fused-ring (bicyclic) bond motifs is 1. The van der Waals surface area contributed by atoms with E-state index in [2.05, 4.69) is 5.32 Å². The third kappa shape index (κ3) is 3.54. The zero-order chi connectivity index (χ0) is 19.6. The molecule has 2 aromatic rings. The molecule has 0 unspecified atom stereocenters. The third-order valence-corrected chi connectivity index (χ3v) is 6.25. The normalized spacial score (nSPS) is 26.5. The fourth-order valence-corrected chi connectivity index (χ4v) is 4.77. The average molecular weight is 378 g/mol. The Labute approximate surface area is 165 Å². The lowest BCUT2D eigenvalue weighted by molar-refractivity contribution is -0.129. The van der Waals surface area contributed by atoms with Crippen molar-refractivity contribution in [2.24, 2.45) is 11.8 Å². The Morgan fingerprint density at radius 2 is 1.71 bits per heavy atom. The molecule has 1 saturated carbocycles. The van der Waals surface area contributed by atoms with Crippen LogP contribution in [-0.4, -0.2) is 41.5 Å². The molecule has 1 aliphatic heterocycles. The van der Waals surface area contributed by atoms with Gasteiger partial charge in [0.25, 0.3) is 5.91 Å². The van der Waals surface area contributed by atoms with Crippen molar-refractivity contribution in [2.75, 3.05) is 19.6 Å². The van der Waals surface area contributed by atoms with E-state index in [1.54, 1.807) is 29.2 Å². The topological polar surface area (TPSA) is 69.6 Å². The lowest BCUT2D eigenvalue weighted by Crippen LogP contribution is -2.43. The molecule has 2 amide bonds. The first-order valence-electron chi connectivity index (χ1n) is 9.97. The Balaban J connectivity index is 1.41. The van der Waals surface area contributed by atoms with E-state index in [1.165, 1.54) is 0 Å². The van der Waals surface area contributed by atoms with E-state index in [4.69, 9.17) is 0 Å². The quantitative estimate of drug-likeness (QED) is 0.859. The Kier molecular flexibility index (Phi) is 5.18. The van der Waals surface area contributed by atoms with Gasteiger partial charge in [-0.2, -0.15) is 0 Å². The van der Waals surface area contributed by atoms with Crippen LogP contribution < -0.4 is 5.32 Å². The predicted molar refractivity (Wildman–Crippen MR) is 107 cm³/mol. The number of likely N-dealkylation sites (tertiary alicyclic amines) is 1. The number of hydrogen-bond acceptors (Lipinski definition) is 3. The molecule has 5 nitrogen and oxygen atoms in total. The molecule has 3 atom stereocenters. The maximum atomic E-state index is 12.7. The molecule has 0 radical (unpaired) electrons. The summed E-state index contributed by atoms with van der Waals surface area (Å²) in [5.41, 5.74) is 0.604. The van der Waals surface area contributed by atoms with E-state index < -0.39 is 5.60 Å². The van der Waals surface area contributed by atoms with Crippen LogP contribution in [0, 0.1) is 11.8 Å². The molecule has 0 spiro atoms. The number of carbonyl (C=O) groups is 2. The maximum Gasteiger partial charge on any atom is 0.251 e. The monoisotopic (exact) mass is 378 g/mol. The highest BCUT2D eigenvalue weighted by molar-refractivity contribution is 5.96. The van der Waals surface area contributed by atoms with Crippen molar-refractivity contribution >= 4 is 11.8 Å². The molecule has 5 heteroatoms. The van der Waals surface area contributed by atoms with Crippen molar-refractivity contribution in [2.45, 2.75) is 24.9 Å². The van der Waals surface area contributed by atoms with Crippen molar-refractivity contribution in [3.8, 4) is 0 Å². The Morgan fingerprint density at radius 3 is 2.43 bits per heavy atom. The van der Waals surface area contributed by atoms with Crippen LogP contribution in [0.25, 0.3) is 0 Å². The molecule has 4 rings (SSSR count). The number of nitrogens with zero attached hydrogens (tertiary/aromatic N) is 1. The van der Waals surface area contributed by atoms with Crippen molar-refractivity contribution in [1.82, 2.24) is 10.2 Å². The average Bonchev–Trinajstić information content (AvgIpc) is 3.19. The summed E-state index contributed by atoms with van der Waals surface area (Å²) in [6, 6.07) is 18.7. The van der Waals surface area contributed by atoms with Gasteiger partial charge >= 0.3 is 0 Å². The minimum absolute atomic E-state index is 0.0169. The van der Waals surface area contributed by atoms with Crippen molar-refractivity contribution < 1.29 is 14.7 Å². The Bertz CT molecular complexity index is 839. The number of nitrogens with one attached hydrogen (secondary N) is 1. The van der Waals surface area contributed by atoms with Crippen LogP contribution in [-0.2, 0) is 10.4 Å². The summed E-state index contributed by atoms with van der Waals surface area (Å²) < 4.78 is 0. The summed E-state index contributed by atoms with van der Waals surface area (Å²) >= 11 is 0. The minimum atomic E-state index is -0.882. The zero-order valence-electron chi connectivity index (χ0n) is 15.9. The molecule has 2 N–H and O–H groups in total. The van der Waals surface area contributed by atoms with Crippen molar-refractivity contribution in [3.05, 3.63) is 71.8 Å². The molecule has 2 aromatic carbocycles. The van der Waals surface area contributed by atoms with Gasteiger partial charge in [0.15, 0.2) is 0 Å². The SMILES string of the molecule is O=C(NCC(=O)N1C[C@H]2CCC[C@](O)(c3ccccc3)[C@H]2C1)c1ccccc1. The Hall–Kier alpha value is -2.66. The smallest absolute Gasteiger partial charge is 0.251 e. The summed E-state index contributed by atoms with van der Waals surface area (Å²) in [6.45, 7) is 1.17. The van der Waals surface area contributed by atoms with E-state index in [0.29, 0.717) is 24.6 Å². The number of benzene rings is 2. The molecule has 28 heavy (non-hydrogen) atoms. The van der Waals surface area contributed by atoms with Crippen molar-refractivity contribution in [3.63, 3.8) is 0 Å². The lowest BCUT2D eigenvalue weighted by Gasteiger charge is -2.41. The number of amides is 2. The molecule has 146 valence electrons. The molecule has 2 aliphatic rings. The van der Waals surface area contributed by atoms with Gasteiger partial charge in [0.05, 0.1) is 12.1 Å². The first-order valence-corrected chi connectivity index (χ1v) is 9.97. The second-order valence-electron chi connectivity index (χ2n) is 7.90. The van der Waals surface area contributed by atoms with Gasteiger partial charge in [0.1, 0.15) is 0 Å². The Morgan fingerprint density at radius 1 is 1.04 bits per heavy atom. The summed E-state index contributed by atoms with van der Waals surface area (Å²) in [4.78, 5) is 26.7. The van der Waals surface area contributed by atoms with E-state index in [9.17, 15) is 14.7 Å². The van der Waals surface area contributed by atoms with Gasteiger partial charge < -0.3 is 15.3 Å². The minimum Gasteiger partial charge on any atom is -0.385 e.